The summed E-state index contributed by atoms with van der Waals surface area (Å²) in [7, 11) is 0. The summed E-state index contributed by atoms with van der Waals surface area (Å²) in [5, 5.41) is 10.8. The van der Waals surface area contributed by atoms with Crippen molar-refractivity contribution in [2.75, 3.05) is 11.9 Å². The van der Waals surface area contributed by atoms with Crippen molar-refractivity contribution >= 4 is 24.4 Å². The first kappa shape index (κ1) is 38.5. The highest BCUT2D eigenvalue weighted by Crippen LogP contribution is 2.25. The number of hydrogen-bond acceptors (Lipinski definition) is 5. The van der Waals surface area contributed by atoms with Gasteiger partial charge in [-0.25, -0.2) is 0 Å². The molecular formula is C37H53F3N4O2S. The number of aromatic nitrogens is 2. The van der Waals surface area contributed by atoms with E-state index in [1.165, 1.54) is 44.1 Å². The molecule has 47 heavy (non-hydrogen) atoms. The Labute approximate surface area is 284 Å². The van der Waals surface area contributed by atoms with E-state index in [4.69, 9.17) is 4.84 Å². The summed E-state index contributed by atoms with van der Waals surface area (Å²) in [5.74, 6) is -0.293. The Morgan fingerprint density at radius 1 is 0.830 bits per heavy atom. The van der Waals surface area contributed by atoms with Crippen LogP contribution in [0.4, 0.5) is 18.9 Å². The topological polar surface area (TPSA) is 70.2 Å². The van der Waals surface area contributed by atoms with E-state index < -0.39 is 12.6 Å². The van der Waals surface area contributed by atoms with Gasteiger partial charge in [0.15, 0.2) is 0 Å². The maximum absolute atomic E-state index is 12.7. The van der Waals surface area contributed by atoms with Crippen LogP contribution in [-0.4, -0.2) is 33.4 Å². The van der Waals surface area contributed by atoms with Gasteiger partial charge >= 0.3 is 6.18 Å². The maximum Gasteiger partial charge on any atom is 0.389 e. The third-order valence-corrected chi connectivity index (χ3v) is 8.68. The standard InChI is InChI=1S/C37H53F3N4O2S/c1-2-3-4-5-6-10-13-16-27-46-44(47)36(45)32-22-24-34(25-23-32)41-28-33-29-42-43-35(33)31-20-18-30(19-21-31)17-14-11-8-7-9-12-15-26-37(38,39)40/h18-25,29,41,47H,2-17,26-28H2,1H3,(H,42,43). The van der Waals surface area contributed by atoms with E-state index in [1.54, 1.807) is 12.1 Å². The second kappa shape index (κ2) is 21.8. The Bertz CT molecular complexity index is 1270. The molecule has 0 atom stereocenters. The molecule has 0 bridgehead atoms. The van der Waals surface area contributed by atoms with Gasteiger partial charge in [0.25, 0.3) is 5.91 Å². The highest BCUT2D eigenvalue weighted by atomic mass is 32.1. The van der Waals surface area contributed by atoms with Crippen LogP contribution in [0.1, 0.15) is 131 Å². The minimum Gasteiger partial charge on any atom is -0.381 e. The van der Waals surface area contributed by atoms with Crippen molar-refractivity contribution in [1.29, 1.82) is 0 Å². The Balaban J connectivity index is 1.33. The number of carbonyl (C=O) groups is 1. The fourth-order valence-corrected chi connectivity index (χ4v) is 5.75. The van der Waals surface area contributed by atoms with Gasteiger partial charge in [0.2, 0.25) is 0 Å². The molecule has 260 valence electrons. The van der Waals surface area contributed by atoms with Gasteiger partial charge < -0.3 is 5.32 Å². The first-order valence-electron chi connectivity index (χ1n) is 17.5. The van der Waals surface area contributed by atoms with E-state index in [9.17, 15) is 18.0 Å². The summed E-state index contributed by atoms with van der Waals surface area (Å²) >= 11 is 4.23. The Hall–Kier alpha value is -2.98. The van der Waals surface area contributed by atoms with Crippen molar-refractivity contribution < 1.29 is 22.8 Å². The van der Waals surface area contributed by atoms with Gasteiger partial charge in [0, 0.05) is 29.8 Å². The number of amides is 1. The predicted molar refractivity (Wildman–Crippen MR) is 188 cm³/mol. The largest absolute Gasteiger partial charge is 0.389 e. The molecule has 1 heterocycles. The number of hydrogen-bond donors (Lipinski definition) is 3. The summed E-state index contributed by atoms with van der Waals surface area (Å²) in [6.45, 7) is 3.27. The first-order valence-corrected chi connectivity index (χ1v) is 17.9. The molecule has 3 aromatic rings. The van der Waals surface area contributed by atoms with Gasteiger partial charge in [-0.05, 0) is 73.9 Å². The Morgan fingerprint density at radius 2 is 1.43 bits per heavy atom. The fourth-order valence-electron chi connectivity index (χ4n) is 5.56. The first-order chi connectivity index (χ1) is 22.8. The molecule has 0 radical (unpaired) electrons. The van der Waals surface area contributed by atoms with Crippen LogP contribution >= 0.6 is 12.8 Å². The normalized spacial score (nSPS) is 11.6. The number of rotatable bonds is 24. The van der Waals surface area contributed by atoms with Gasteiger partial charge in [-0.1, -0.05) is 108 Å². The molecule has 6 nitrogen and oxygen atoms in total. The molecule has 2 aromatic carbocycles. The predicted octanol–water partition coefficient (Wildman–Crippen LogP) is 11.3. The molecule has 0 saturated heterocycles. The third-order valence-electron chi connectivity index (χ3n) is 8.39. The number of unbranched alkanes of at least 4 members (excludes halogenated alkanes) is 13. The molecule has 0 unspecified atom stereocenters. The number of aromatic amines is 1. The van der Waals surface area contributed by atoms with E-state index in [0.717, 1.165) is 78.3 Å². The lowest BCUT2D eigenvalue weighted by atomic mass is 10.0. The molecule has 0 saturated carbocycles. The zero-order valence-electron chi connectivity index (χ0n) is 27.9. The minimum atomic E-state index is -4.03. The molecule has 1 aromatic heterocycles. The average Bonchev–Trinajstić information content (AvgIpc) is 3.54. The molecular weight excluding hydrogens is 621 g/mol. The number of H-pyrrole nitrogens is 1. The van der Waals surface area contributed by atoms with E-state index in [2.05, 4.69) is 59.5 Å². The number of benzene rings is 2. The van der Waals surface area contributed by atoms with Gasteiger partial charge in [0.1, 0.15) is 0 Å². The number of aryl methyl sites for hydroxylation is 1. The smallest absolute Gasteiger partial charge is 0.381 e. The quantitative estimate of drug-likeness (QED) is 0.0502. The van der Waals surface area contributed by atoms with Crippen LogP contribution in [0, 0.1) is 0 Å². The number of carbonyl (C=O) groups excluding carboxylic acids is 1. The zero-order valence-corrected chi connectivity index (χ0v) is 28.8. The molecule has 0 aliphatic carbocycles. The lowest BCUT2D eigenvalue weighted by molar-refractivity contribution is -0.135. The molecule has 1 amide bonds. The Morgan fingerprint density at radius 3 is 2.06 bits per heavy atom. The van der Waals surface area contributed by atoms with Crippen LogP contribution in [0.5, 0.6) is 0 Å². The number of alkyl halides is 3. The monoisotopic (exact) mass is 674 g/mol. The molecule has 10 heteroatoms. The molecule has 3 rings (SSSR count). The highest BCUT2D eigenvalue weighted by Gasteiger charge is 2.25. The maximum atomic E-state index is 12.7. The van der Waals surface area contributed by atoms with Crippen LogP contribution in [0.3, 0.4) is 0 Å². The lowest BCUT2D eigenvalue weighted by Gasteiger charge is -2.15. The molecule has 0 spiro atoms. The van der Waals surface area contributed by atoms with Crippen molar-refractivity contribution in [3.05, 3.63) is 71.4 Å². The van der Waals surface area contributed by atoms with Crippen molar-refractivity contribution in [3.8, 4) is 11.3 Å². The van der Waals surface area contributed by atoms with Crippen molar-refractivity contribution in [2.24, 2.45) is 0 Å². The molecule has 2 N–H and O–H groups in total. The summed E-state index contributed by atoms with van der Waals surface area (Å²) in [6.07, 6.45) is 13.8. The van der Waals surface area contributed by atoms with Gasteiger partial charge in [-0.3, -0.25) is 14.7 Å². The number of thiol groups is 1. The molecule has 0 aliphatic heterocycles. The van der Waals surface area contributed by atoms with Gasteiger partial charge in [-0.15, -0.1) is 0 Å². The van der Waals surface area contributed by atoms with Crippen molar-refractivity contribution in [1.82, 2.24) is 14.7 Å². The highest BCUT2D eigenvalue weighted by molar-refractivity contribution is 7.78. The van der Waals surface area contributed by atoms with Crippen molar-refractivity contribution in [3.63, 3.8) is 0 Å². The summed E-state index contributed by atoms with van der Waals surface area (Å²) in [5.41, 5.74) is 5.71. The van der Waals surface area contributed by atoms with Crippen LogP contribution < -0.4 is 5.32 Å². The summed E-state index contributed by atoms with van der Waals surface area (Å²) < 4.78 is 37.7. The van der Waals surface area contributed by atoms with Crippen molar-refractivity contribution in [2.45, 2.75) is 129 Å². The minimum absolute atomic E-state index is 0.241. The van der Waals surface area contributed by atoms with E-state index in [1.807, 2.05) is 18.3 Å². The molecule has 0 fully saturated rings. The van der Waals surface area contributed by atoms with Gasteiger partial charge in [0.05, 0.1) is 18.5 Å². The fraction of sp³-hybridized carbons (Fsp3) is 0.568. The van der Waals surface area contributed by atoms with E-state index >= 15 is 0 Å². The number of anilines is 1. The summed E-state index contributed by atoms with van der Waals surface area (Å²) in [4.78, 5) is 18.3. The van der Waals surface area contributed by atoms with Gasteiger partial charge in [-0.2, -0.15) is 22.7 Å². The van der Waals surface area contributed by atoms with E-state index in [-0.39, 0.29) is 12.3 Å². The van der Waals surface area contributed by atoms with Crippen LogP contribution in [0.25, 0.3) is 11.3 Å². The molecule has 0 aliphatic rings. The number of halogens is 3. The number of hydroxylamine groups is 1. The number of nitrogens with zero attached hydrogens (tertiary/aromatic N) is 2. The third kappa shape index (κ3) is 15.6. The number of nitrogens with one attached hydrogen (secondary N) is 2. The SMILES string of the molecule is CCCCCCCCCCON(S)C(=O)c1ccc(NCc2cn[nH]c2-c2ccc(CCCCCCCCCC(F)(F)F)cc2)cc1. The Kier molecular flexibility index (Phi) is 17.8. The van der Waals surface area contributed by atoms with Crippen LogP contribution in [-0.2, 0) is 17.8 Å². The zero-order chi connectivity index (χ0) is 33.7. The summed E-state index contributed by atoms with van der Waals surface area (Å²) in [6, 6.07) is 15.8. The second-order valence-corrected chi connectivity index (χ2v) is 12.7. The lowest BCUT2D eigenvalue weighted by Crippen LogP contribution is -2.22. The second-order valence-electron chi connectivity index (χ2n) is 12.4. The average molecular weight is 675 g/mol. The van der Waals surface area contributed by atoms with E-state index in [0.29, 0.717) is 25.1 Å². The van der Waals surface area contributed by atoms with Crippen LogP contribution in [0.15, 0.2) is 54.7 Å². The van der Waals surface area contributed by atoms with Crippen LogP contribution in [0.2, 0.25) is 0 Å².